The van der Waals surface area contributed by atoms with E-state index in [-0.39, 0.29) is 12.4 Å². The fraction of sp³-hybridized carbons (Fsp3) is 0.231. The molecule has 106 valence electrons. The number of aromatic nitrogens is 1. The van der Waals surface area contributed by atoms with Crippen LogP contribution >= 0.6 is 11.3 Å². The van der Waals surface area contributed by atoms with Crippen LogP contribution in [0.4, 0.5) is 4.39 Å². The van der Waals surface area contributed by atoms with Crippen LogP contribution in [0.3, 0.4) is 0 Å². The number of carbonyl (C=O) groups excluding carboxylic acids is 1. The van der Waals surface area contributed by atoms with Crippen molar-refractivity contribution in [3.63, 3.8) is 0 Å². The first kappa shape index (κ1) is 14.6. The average Bonchev–Trinajstić information content (AvgIpc) is 2.88. The lowest BCUT2D eigenvalue weighted by atomic mass is 10.2. The van der Waals surface area contributed by atoms with Crippen molar-refractivity contribution in [2.75, 3.05) is 6.54 Å². The monoisotopic (exact) mass is 295 g/mol. The van der Waals surface area contributed by atoms with E-state index in [2.05, 4.69) is 10.3 Å². The van der Waals surface area contributed by atoms with E-state index in [1.807, 2.05) is 5.38 Å². The lowest BCUT2D eigenvalue weighted by Gasteiger charge is -2.06. The minimum atomic E-state index is -1.20. The van der Waals surface area contributed by atoms with E-state index in [0.29, 0.717) is 6.54 Å². The van der Waals surface area contributed by atoms with Gasteiger partial charge in [0.2, 0.25) is 5.91 Å². The predicted octanol–water partition coefficient (Wildman–Crippen LogP) is 0.885. The van der Waals surface area contributed by atoms with Crippen molar-refractivity contribution >= 4 is 17.2 Å². The third-order valence-electron chi connectivity index (χ3n) is 2.62. The quantitative estimate of drug-likeness (QED) is 0.738. The highest BCUT2D eigenvalue weighted by Crippen LogP contribution is 2.23. The molecule has 0 saturated heterocycles. The largest absolute Gasteiger partial charge is 0.382 e. The van der Waals surface area contributed by atoms with Crippen LogP contribution in [0, 0.1) is 5.82 Å². The summed E-state index contributed by atoms with van der Waals surface area (Å²) in [5, 5.41) is 14.8. The Balaban J connectivity index is 1.92. The molecule has 2 aromatic rings. The zero-order chi connectivity index (χ0) is 14.5. The summed E-state index contributed by atoms with van der Waals surface area (Å²) in [5.74, 6) is -1.05. The SMILES string of the molecule is NC(=O)C(O)CNCc1csc(-c2ccc(F)cc2)n1. The summed E-state index contributed by atoms with van der Waals surface area (Å²) in [7, 11) is 0. The summed E-state index contributed by atoms with van der Waals surface area (Å²) < 4.78 is 12.8. The molecule has 1 atom stereocenters. The Labute approximate surface area is 119 Å². The smallest absolute Gasteiger partial charge is 0.247 e. The second-order valence-electron chi connectivity index (χ2n) is 4.20. The minimum Gasteiger partial charge on any atom is -0.382 e. The zero-order valence-electron chi connectivity index (χ0n) is 10.5. The molecule has 0 fully saturated rings. The number of nitrogens with two attached hydrogens (primary N) is 1. The highest BCUT2D eigenvalue weighted by Gasteiger charge is 2.10. The fourth-order valence-electron chi connectivity index (χ4n) is 1.55. The molecule has 4 N–H and O–H groups in total. The first-order chi connectivity index (χ1) is 9.56. The molecule has 1 heterocycles. The van der Waals surface area contributed by atoms with Crippen molar-refractivity contribution < 1.29 is 14.3 Å². The summed E-state index contributed by atoms with van der Waals surface area (Å²) in [6.45, 7) is 0.501. The van der Waals surface area contributed by atoms with Crippen molar-refractivity contribution in [1.29, 1.82) is 0 Å². The van der Waals surface area contributed by atoms with Crippen LogP contribution in [0.1, 0.15) is 5.69 Å². The number of primary amides is 1. The molecule has 20 heavy (non-hydrogen) atoms. The number of halogens is 1. The number of hydrogen-bond acceptors (Lipinski definition) is 5. The standard InChI is InChI=1S/C13H14FN3O2S/c14-9-3-1-8(2-4-9)13-17-10(7-20-13)5-16-6-11(18)12(15)19/h1-4,7,11,16,18H,5-6H2,(H2,15,19). The van der Waals surface area contributed by atoms with Crippen molar-refractivity contribution in [2.45, 2.75) is 12.6 Å². The number of amides is 1. The van der Waals surface area contributed by atoms with Crippen LogP contribution in [-0.2, 0) is 11.3 Å². The molecule has 0 saturated carbocycles. The van der Waals surface area contributed by atoms with Gasteiger partial charge < -0.3 is 16.2 Å². The highest BCUT2D eigenvalue weighted by atomic mass is 32.1. The van der Waals surface area contributed by atoms with Crippen LogP contribution in [0.25, 0.3) is 10.6 Å². The molecule has 0 bridgehead atoms. The molecule has 1 aromatic heterocycles. The molecule has 0 radical (unpaired) electrons. The van der Waals surface area contributed by atoms with Crippen LogP contribution in [0.2, 0.25) is 0 Å². The van der Waals surface area contributed by atoms with Crippen LogP contribution in [0.15, 0.2) is 29.6 Å². The summed E-state index contributed by atoms with van der Waals surface area (Å²) in [6.07, 6.45) is -1.20. The highest BCUT2D eigenvalue weighted by molar-refractivity contribution is 7.13. The molecule has 5 nitrogen and oxygen atoms in total. The van der Waals surface area contributed by atoms with Gasteiger partial charge in [-0.25, -0.2) is 9.37 Å². The number of rotatable bonds is 6. The van der Waals surface area contributed by atoms with E-state index < -0.39 is 12.0 Å². The maximum Gasteiger partial charge on any atom is 0.247 e. The molecule has 1 aromatic carbocycles. The van der Waals surface area contributed by atoms with Crippen LogP contribution < -0.4 is 11.1 Å². The van der Waals surface area contributed by atoms with Gasteiger partial charge in [0.15, 0.2) is 0 Å². The van der Waals surface area contributed by atoms with E-state index >= 15 is 0 Å². The topological polar surface area (TPSA) is 88.2 Å². The molecule has 7 heteroatoms. The molecule has 0 spiro atoms. The summed E-state index contributed by atoms with van der Waals surface area (Å²) in [5.41, 5.74) is 6.56. The average molecular weight is 295 g/mol. The summed E-state index contributed by atoms with van der Waals surface area (Å²) in [6, 6.07) is 6.11. The molecule has 1 amide bonds. The molecular formula is C13H14FN3O2S. The fourth-order valence-corrected chi connectivity index (χ4v) is 2.38. The predicted molar refractivity (Wildman–Crippen MR) is 74.4 cm³/mol. The van der Waals surface area contributed by atoms with E-state index in [0.717, 1.165) is 16.3 Å². The molecular weight excluding hydrogens is 281 g/mol. The lowest BCUT2D eigenvalue weighted by molar-refractivity contribution is -0.125. The number of carbonyl (C=O) groups is 1. The lowest BCUT2D eigenvalue weighted by Crippen LogP contribution is -2.37. The summed E-state index contributed by atoms with van der Waals surface area (Å²) in [4.78, 5) is 15.0. The Kier molecular flexibility index (Phi) is 4.78. The number of thiazole rings is 1. The molecule has 0 aliphatic rings. The Morgan fingerprint density at radius 2 is 2.15 bits per heavy atom. The first-order valence-electron chi connectivity index (χ1n) is 5.94. The van der Waals surface area contributed by atoms with Crippen molar-refractivity contribution in [2.24, 2.45) is 5.73 Å². The van der Waals surface area contributed by atoms with Crippen molar-refractivity contribution in [1.82, 2.24) is 10.3 Å². The van der Waals surface area contributed by atoms with E-state index in [4.69, 9.17) is 5.73 Å². The van der Waals surface area contributed by atoms with Gasteiger partial charge in [0.05, 0.1) is 5.69 Å². The Morgan fingerprint density at radius 3 is 2.80 bits per heavy atom. The van der Waals surface area contributed by atoms with Gasteiger partial charge in [-0.3, -0.25) is 4.79 Å². The van der Waals surface area contributed by atoms with Gasteiger partial charge in [-0.15, -0.1) is 11.3 Å². The van der Waals surface area contributed by atoms with Crippen molar-refractivity contribution in [3.8, 4) is 10.6 Å². The van der Waals surface area contributed by atoms with Gasteiger partial charge in [-0.2, -0.15) is 0 Å². The second kappa shape index (κ2) is 6.56. The van der Waals surface area contributed by atoms with Crippen LogP contribution in [-0.4, -0.2) is 28.6 Å². The van der Waals surface area contributed by atoms with Gasteiger partial charge in [-0.1, -0.05) is 0 Å². The molecule has 0 aliphatic carbocycles. The van der Waals surface area contributed by atoms with E-state index in [1.165, 1.54) is 23.5 Å². The van der Waals surface area contributed by atoms with Gasteiger partial charge >= 0.3 is 0 Å². The second-order valence-corrected chi connectivity index (χ2v) is 5.06. The molecule has 2 rings (SSSR count). The van der Waals surface area contributed by atoms with Crippen molar-refractivity contribution in [3.05, 3.63) is 41.2 Å². The number of hydrogen-bond donors (Lipinski definition) is 3. The first-order valence-corrected chi connectivity index (χ1v) is 6.82. The number of aliphatic hydroxyl groups excluding tert-OH is 1. The van der Waals surface area contributed by atoms with Crippen LogP contribution in [0.5, 0.6) is 0 Å². The number of nitrogens with zero attached hydrogens (tertiary/aromatic N) is 1. The third kappa shape index (κ3) is 3.83. The molecule has 0 aliphatic heterocycles. The Morgan fingerprint density at radius 1 is 1.45 bits per heavy atom. The number of aliphatic hydroxyl groups is 1. The maximum atomic E-state index is 12.8. The Bertz CT molecular complexity index is 586. The van der Waals surface area contributed by atoms with Gasteiger partial charge in [-0.05, 0) is 24.3 Å². The van der Waals surface area contributed by atoms with E-state index in [9.17, 15) is 14.3 Å². The number of benzene rings is 1. The molecule has 1 unspecified atom stereocenters. The van der Waals surface area contributed by atoms with Gasteiger partial charge in [0.25, 0.3) is 0 Å². The third-order valence-corrected chi connectivity index (χ3v) is 3.56. The van der Waals surface area contributed by atoms with Gasteiger partial charge in [0, 0.05) is 24.0 Å². The Hall–Kier alpha value is -1.83. The number of nitrogens with one attached hydrogen (secondary N) is 1. The minimum absolute atomic E-state index is 0.0821. The zero-order valence-corrected chi connectivity index (χ0v) is 11.4. The van der Waals surface area contributed by atoms with Gasteiger partial charge in [0.1, 0.15) is 16.9 Å². The van der Waals surface area contributed by atoms with E-state index in [1.54, 1.807) is 12.1 Å². The normalized spacial score (nSPS) is 12.3. The maximum absolute atomic E-state index is 12.8. The summed E-state index contributed by atoms with van der Waals surface area (Å²) >= 11 is 1.45.